The van der Waals surface area contributed by atoms with Gasteiger partial charge in [0.15, 0.2) is 11.5 Å². The number of carbonyl (C=O) groups excluding carboxylic acids is 3. The monoisotopic (exact) mass is 521 g/mol. The molecule has 0 saturated carbocycles. The van der Waals surface area contributed by atoms with Crippen molar-refractivity contribution in [2.45, 2.75) is 6.92 Å². The Morgan fingerprint density at radius 1 is 1.20 bits per heavy atom. The van der Waals surface area contributed by atoms with Crippen molar-refractivity contribution in [1.82, 2.24) is 10.2 Å². The van der Waals surface area contributed by atoms with Crippen LogP contribution in [0.5, 0.6) is 11.5 Å². The lowest BCUT2D eigenvalue weighted by Crippen LogP contribution is -2.38. The molecule has 9 heteroatoms. The molecule has 1 saturated heterocycles. The van der Waals surface area contributed by atoms with Crippen molar-refractivity contribution >= 4 is 52.2 Å². The van der Waals surface area contributed by atoms with Gasteiger partial charge in [-0.1, -0.05) is 12.1 Å². The van der Waals surface area contributed by atoms with E-state index in [1.807, 2.05) is 19.1 Å². The van der Waals surface area contributed by atoms with Gasteiger partial charge in [-0.2, -0.15) is 0 Å². The zero-order chi connectivity index (χ0) is 21.8. The highest BCUT2D eigenvalue weighted by Gasteiger charge is 2.35. The Hall–Kier alpha value is -3.08. The van der Waals surface area contributed by atoms with Crippen molar-refractivity contribution in [3.05, 3.63) is 56.8 Å². The van der Waals surface area contributed by atoms with Gasteiger partial charge in [0.1, 0.15) is 12.2 Å². The number of aryl methyl sites for hydroxylation is 1. The molecule has 1 aliphatic heterocycles. The highest BCUT2D eigenvalue weighted by molar-refractivity contribution is 14.1. The van der Waals surface area contributed by atoms with Gasteiger partial charge in [0, 0.05) is 5.69 Å². The third-order valence-electron chi connectivity index (χ3n) is 4.33. The lowest BCUT2D eigenvalue weighted by atomic mass is 10.1. The van der Waals surface area contributed by atoms with Crippen molar-refractivity contribution in [1.29, 1.82) is 0 Å². The van der Waals surface area contributed by atoms with Crippen LogP contribution < -0.4 is 20.1 Å². The van der Waals surface area contributed by atoms with E-state index in [0.717, 1.165) is 14.0 Å². The molecule has 0 unspecified atom stereocenters. The number of nitrogens with one attached hydrogen (secondary N) is 2. The van der Waals surface area contributed by atoms with E-state index in [-0.39, 0.29) is 12.2 Å². The SMILES string of the molecule is COc1cc(/C=C2\NC(=O)N(CC(=O)Nc3cccc(C)c3)C2=O)cc(I)c1OC. The van der Waals surface area contributed by atoms with Crippen molar-refractivity contribution in [2.75, 3.05) is 26.1 Å². The normalized spacial score (nSPS) is 14.7. The van der Waals surface area contributed by atoms with Gasteiger partial charge in [-0.25, -0.2) is 9.69 Å². The molecule has 1 fully saturated rings. The first-order chi connectivity index (χ1) is 14.3. The Labute approximate surface area is 187 Å². The van der Waals surface area contributed by atoms with Crippen LogP contribution in [0.1, 0.15) is 11.1 Å². The van der Waals surface area contributed by atoms with Crippen molar-refractivity contribution in [2.24, 2.45) is 0 Å². The van der Waals surface area contributed by atoms with Crippen LogP contribution >= 0.6 is 22.6 Å². The van der Waals surface area contributed by atoms with Crippen molar-refractivity contribution < 1.29 is 23.9 Å². The molecule has 0 atom stereocenters. The minimum atomic E-state index is -0.652. The number of imide groups is 1. The van der Waals surface area contributed by atoms with Crippen LogP contribution in [0.4, 0.5) is 10.5 Å². The topological polar surface area (TPSA) is 97.0 Å². The van der Waals surface area contributed by atoms with Crippen LogP contribution in [0.3, 0.4) is 0 Å². The molecule has 2 aromatic rings. The fraction of sp³-hybridized carbons (Fsp3) is 0.190. The number of methoxy groups -OCH3 is 2. The fourth-order valence-electron chi connectivity index (χ4n) is 2.97. The van der Waals surface area contributed by atoms with E-state index in [1.165, 1.54) is 13.2 Å². The summed E-state index contributed by atoms with van der Waals surface area (Å²) in [5.41, 5.74) is 2.30. The molecule has 2 aromatic carbocycles. The van der Waals surface area contributed by atoms with E-state index in [0.29, 0.717) is 22.7 Å². The van der Waals surface area contributed by atoms with Crippen molar-refractivity contribution in [3.63, 3.8) is 0 Å². The maximum Gasteiger partial charge on any atom is 0.329 e. The van der Waals surface area contributed by atoms with E-state index < -0.39 is 17.8 Å². The Bertz CT molecular complexity index is 1050. The van der Waals surface area contributed by atoms with Gasteiger partial charge < -0.3 is 20.1 Å². The maximum atomic E-state index is 12.7. The number of rotatable bonds is 6. The zero-order valence-corrected chi connectivity index (χ0v) is 18.8. The summed E-state index contributed by atoms with van der Waals surface area (Å²) >= 11 is 2.09. The molecule has 3 rings (SSSR count). The van der Waals surface area contributed by atoms with Gasteiger partial charge in [-0.3, -0.25) is 9.59 Å². The number of benzene rings is 2. The number of anilines is 1. The summed E-state index contributed by atoms with van der Waals surface area (Å²) in [5, 5.41) is 5.20. The number of hydrogen-bond donors (Lipinski definition) is 2. The van der Waals surface area contributed by atoms with E-state index in [2.05, 4.69) is 33.2 Å². The van der Waals surface area contributed by atoms with E-state index in [1.54, 1.807) is 31.4 Å². The molecule has 8 nitrogen and oxygen atoms in total. The quantitative estimate of drug-likeness (QED) is 0.346. The highest BCUT2D eigenvalue weighted by Crippen LogP contribution is 2.34. The third-order valence-corrected chi connectivity index (χ3v) is 5.13. The van der Waals surface area contributed by atoms with E-state index in [9.17, 15) is 14.4 Å². The smallest absolute Gasteiger partial charge is 0.329 e. The van der Waals surface area contributed by atoms with Crippen LogP contribution in [-0.4, -0.2) is 43.5 Å². The largest absolute Gasteiger partial charge is 0.493 e. The Morgan fingerprint density at radius 3 is 2.63 bits per heavy atom. The van der Waals surface area contributed by atoms with Gasteiger partial charge in [0.2, 0.25) is 5.91 Å². The first-order valence-corrected chi connectivity index (χ1v) is 10.0. The number of ether oxygens (including phenoxy) is 2. The summed E-state index contributed by atoms with van der Waals surface area (Å²) in [6.45, 7) is 1.51. The molecule has 4 amide bonds. The lowest BCUT2D eigenvalue weighted by molar-refractivity contribution is -0.127. The summed E-state index contributed by atoms with van der Waals surface area (Å²) in [7, 11) is 3.06. The number of hydrogen-bond acceptors (Lipinski definition) is 5. The van der Waals surface area contributed by atoms with Crippen LogP contribution in [0.25, 0.3) is 6.08 Å². The zero-order valence-electron chi connectivity index (χ0n) is 16.6. The molecule has 156 valence electrons. The highest BCUT2D eigenvalue weighted by atomic mass is 127. The van der Waals surface area contributed by atoms with E-state index in [4.69, 9.17) is 9.47 Å². The number of carbonyl (C=O) groups is 3. The predicted octanol–water partition coefficient (Wildman–Crippen LogP) is 3.15. The predicted molar refractivity (Wildman–Crippen MR) is 120 cm³/mol. The number of halogens is 1. The molecule has 1 heterocycles. The summed E-state index contributed by atoms with van der Waals surface area (Å²) < 4.78 is 11.4. The minimum absolute atomic E-state index is 0.0753. The second-order valence-corrected chi connectivity index (χ2v) is 7.70. The summed E-state index contributed by atoms with van der Waals surface area (Å²) in [6.07, 6.45) is 1.53. The Kier molecular flexibility index (Phi) is 6.60. The van der Waals surface area contributed by atoms with Crippen molar-refractivity contribution in [3.8, 4) is 11.5 Å². The van der Waals surface area contributed by atoms with Gasteiger partial charge in [-0.15, -0.1) is 0 Å². The molecule has 0 aliphatic carbocycles. The van der Waals surface area contributed by atoms with Gasteiger partial charge >= 0.3 is 6.03 Å². The summed E-state index contributed by atoms with van der Waals surface area (Å²) in [4.78, 5) is 38.1. The average Bonchev–Trinajstić information content (AvgIpc) is 2.94. The average molecular weight is 521 g/mol. The number of nitrogens with zero attached hydrogens (tertiary/aromatic N) is 1. The maximum absolute atomic E-state index is 12.7. The summed E-state index contributed by atoms with van der Waals surface area (Å²) in [5.74, 6) is 0.0362. The molecule has 0 aromatic heterocycles. The number of amides is 4. The molecule has 0 radical (unpaired) electrons. The van der Waals surface area contributed by atoms with Crippen LogP contribution in [0, 0.1) is 10.5 Å². The van der Waals surface area contributed by atoms with Gasteiger partial charge in [-0.05, 0) is 71.0 Å². The molecule has 2 N–H and O–H groups in total. The van der Waals surface area contributed by atoms with Crippen LogP contribution in [0.15, 0.2) is 42.1 Å². The second-order valence-electron chi connectivity index (χ2n) is 6.54. The van der Waals surface area contributed by atoms with Gasteiger partial charge in [0.05, 0.1) is 17.8 Å². The standard InChI is InChI=1S/C21H20IN3O5/c1-12-5-4-6-14(7-12)23-18(26)11-25-20(27)16(24-21(25)28)9-13-8-15(22)19(30-3)17(10-13)29-2/h4-10H,11H2,1-3H3,(H,23,26)(H,24,28)/b16-9-. The first kappa shape index (κ1) is 21.6. The van der Waals surface area contributed by atoms with Crippen LogP contribution in [0.2, 0.25) is 0 Å². The molecule has 0 spiro atoms. The molecule has 1 aliphatic rings. The van der Waals surface area contributed by atoms with Crippen LogP contribution in [-0.2, 0) is 9.59 Å². The fourth-order valence-corrected chi connectivity index (χ4v) is 3.82. The molecular weight excluding hydrogens is 501 g/mol. The molecule has 30 heavy (non-hydrogen) atoms. The summed E-state index contributed by atoms with van der Waals surface area (Å²) in [6, 6.07) is 10.1. The van der Waals surface area contributed by atoms with E-state index >= 15 is 0 Å². The Balaban J connectivity index is 1.76. The molecule has 0 bridgehead atoms. The number of urea groups is 1. The minimum Gasteiger partial charge on any atom is -0.493 e. The lowest BCUT2D eigenvalue weighted by Gasteiger charge is -2.12. The first-order valence-electron chi connectivity index (χ1n) is 8.95. The second kappa shape index (κ2) is 9.16. The van der Waals surface area contributed by atoms with Gasteiger partial charge in [0.25, 0.3) is 5.91 Å². The molecular formula is C21H20IN3O5. The third kappa shape index (κ3) is 4.73. The Morgan fingerprint density at radius 2 is 1.97 bits per heavy atom.